The van der Waals surface area contributed by atoms with Crippen LogP contribution in [0.4, 0.5) is 5.69 Å². The number of nitrogens with zero attached hydrogens (tertiary/aromatic N) is 2. The van der Waals surface area contributed by atoms with Crippen LogP contribution in [0.5, 0.6) is 0 Å². The lowest BCUT2D eigenvalue weighted by molar-refractivity contribution is -0.140. The molecule has 0 aliphatic carbocycles. The van der Waals surface area contributed by atoms with E-state index in [1.165, 1.54) is 16.7 Å². The highest BCUT2D eigenvalue weighted by Gasteiger charge is 2.34. The van der Waals surface area contributed by atoms with E-state index in [9.17, 15) is 18.0 Å². The molecule has 1 N–H and O–H groups in total. The van der Waals surface area contributed by atoms with Gasteiger partial charge in [0.05, 0.1) is 10.6 Å². The van der Waals surface area contributed by atoms with Crippen molar-refractivity contribution in [2.24, 2.45) is 5.92 Å². The van der Waals surface area contributed by atoms with Crippen molar-refractivity contribution in [2.45, 2.75) is 56.5 Å². The number of rotatable bonds is 13. The van der Waals surface area contributed by atoms with Gasteiger partial charge >= 0.3 is 0 Å². The molecule has 0 aliphatic heterocycles. The molecule has 0 bridgehead atoms. The molecule has 0 aromatic heterocycles. The smallest absolute Gasteiger partial charge is 0.264 e. The van der Waals surface area contributed by atoms with E-state index < -0.39 is 28.5 Å². The molecule has 3 aromatic carbocycles. The molecular weight excluding hydrogens is 578 g/mol. The summed E-state index contributed by atoms with van der Waals surface area (Å²) >= 11 is 7.96. The Hall–Kier alpha value is -3.01. The molecule has 0 fully saturated rings. The predicted octanol–water partition coefficient (Wildman–Crippen LogP) is 6.15. The fraction of sp³-hybridized carbons (Fsp3) is 0.355. The number of nitrogens with one attached hydrogen (secondary N) is 1. The SMILES string of the molecule is CCC(C(=O)NCC(C)C)N(Cc1ccccc1Cl)C(=O)CN(c1ccc(C)cc1)S(=O)(=O)c1ccc(SC)cc1. The lowest BCUT2D eigenvalue weighted by Crippen LogP contribution is -2.52. The first-order chi connectivity index (χ1) is 19.5. The first-order valence-corrected chi connectivity index (χ1v) is 16.6. The summed E-state index contributed by atoms with van der Waals surface area (Å²) in [5.41, 5.74) is 1.97. The van der Waals surface area contributed by atoms with Gasteiger partial charge in [-0.3, -0.25) is 13.9 Å². The quantitative estimate of drug-likeness (QED) is 0.233. The molecule has 1 atom stereocenters. The van der Waals surface area contributed by atoms with Gasteiger partial charge in [0.25, 0.3) is 10.0 Å². The van der Waals surface area contributed by atoms with Crippen molar-refractivity contribution in [1.29, 1.82) is 0 Å². The summed E-state index contributed by atoms with van der Waals surface area (Å²) in [4.78, 5) is 29.9. The fourth-order valence-electron chi connectivity index (χ4n) is 4.27. The number of halogens is 1. The van der Waals surface area contributed by atoms with Crippen LogP contribution in [0.15, 0.2) is 82.6 Å². The minimum absolute atomic E-state index is 0.0519. The number of hydrogen-bond donors (Lipinski definition) is 1. The highest BCUT2D eigenvalue weighted by molar-refractivity contribution is 7.98. The number of thioether (sulfide) groups is 1. The second kappa shape index (κ2) is 14.8. The summed E-state index contributed by atoms with van der Waals surface area (Å²) in [6, 6.07) is 19.8. The van der Waals surface area contributed by atoms with E-state index in [0.29, 0.717) is 29.2 Å². The molecule has 220 valence electrons. The normalized spacial score (nSPS) is 12.2. The zero-order valence-corrected chi connectivity index (χ0v) is 26.5. The monoisotopic (exact) mass is 615 g/mol. The van der Waals surface area contributed by atoms with E-state index in [0.717, 1.165) is 14.8 Å². The Morgan fingerprint density at radius 1 is 0.976 bits per heavy atom. The molecule has 7 nitrogen and oxygen atoms in total. The third-order valence-corrected chi connectivity index (χ3v) is 9.52. The van der Waals surface area contributed by atoms with Crippen LogP contribution in [-0.2, 0) is 26.2 Å². The van der Waals surface area contributed by atoms with Crippen LogP contribution in [0, 0.1) is 12.8 Å². The molecule has 0 heterocycles. The number of hydrogen-bond acceptors (Lipinski definition) is 5. The number of carbonyl (C=O) groups excluding carboxylic acids is 2. The molecule has 2 amide bonds. The lowest BCUT2D eigenvalue weighted by Gasteiger charge is -2.33. The summed E-state index contributed by atoms with van der Waals surface area (Å²) in [7, 11) is -4.13. The molecule has 3 aromatic rings. The Morgan fingerprint density at radius 3 is 2.17 bits per heavy atom. The maximum absolute atomic E-state index is 14.1. The second-order valence-corrected chi connectivity index (χ2v) is 13.3. The van der Waals surface area contributed by atoms with Crippen LogP contribution < -0.4 is 9.62 Å². The summed E-state index contributed by atoms with van der Waals surface area (Å²) in [5, 5.41) is 3.39. The molecule has 0 aliphatic rings. The minimum atomic E-state index is -4.13. The first-order valence-electron chi connectivity index (χ1n) is 13.5. The lowest BCUT2D eigenvalue weighted by atomic mass is 10.1. The molecule has 0 radical (unpaired) electrons. The maximum Gasteiger partial charge on any atom is 0.264 e. The Kier molecular flexibility index (Phi) is 11.7. The summed E-state index contributed by atoms with van der Waals surface area (Å²) in [6.45, 7) is 7.73. The average molecular weight is 616 g/mol. The standard InChI is InChI=1S/C31H38ClN3O4S2/c1-6-29(31(37)33-19-22(2)3)34(20-24-9-7-8-10-28(24)32)30(36)21-35(25-13-11-23(4)12-14-25)41(38,39)27-17-15-26(40-5)16-18-27/h7-18,22,29H,6,19-21H2,1-5H3,(H,33,37). The average Bonchev–Trinajstić information content (AvgIpc) is 2.96. The van der Waals surface area contributed by atoms with Gasteiger partial charge in [-0.15, -0.1) is 11.8 Å². The van der Waals surface area contributed by atoms with E-state index in [-0.39, 0.29) is 23.3 Å². The number of amides is 2. The topological polar surface area (TPSA) is 86.8 Å². The summed E-state index contributed by atoms with van der Waals surface area (Å²) in [6.07, 6.45) is 2.25. The Bertz CT molecular complexity index is 1430. The number of aryl methyl sites for hydroxylation is 1. The third-order valence-electron chi connectivity index (χ3n) is 6.62. The largest absolute Gasteiger partial charge is 0.354 e. The van der Waals surface area contributed by atoms with Crippen molar-refractivity contribution < 1.29 is 18.0 Å². The van der Waals surface area contributed by atoms with Gasteiger partial charge in [-0.2, -0.15) is 0 Å². The fourth-order valence-corrected chi connectivity index (χ4v) is 6.28. The van der Waals surface area contributed by atoms with E-state index >= 15 is 0 Å². The Labute approximate surface area is 253 Å². The molecule has 0 spiro atoms. The van der Waals surface area contributed by atoms with E-state index in [4.69, 9.17) is 11.6 Å². The molecular formula is C31H38ClN3O4S2. The van der Waals surface area contributed by atoms with Gasteiger partial charge in [-0.25, -0.2) is 8.42 Å². The number of benzene rings is 3. The minimum Gasteiger partial charge on any atom is -0.354 e. The van der Waals surface area contributed by atoms with Crippen LogP contribution in [-0.4, -0.2) is 50.5 Å². The van der Waals surface area contributed by atoms with Crippen molar-refractivity contribution in [3.05, 3.63) is 88.9 Å². The van der Waals surface area contributed by atoms with Crippen molar-refractivity contribution in [3.8, 4) is 0 Å². The van der Waals surface area contributed by atoms with Gasteiger partial charge in [0.1, 0.15) is 12.6 Å². The van der Waals surface area contributed by atoms with Gasteiger partial charge in [-0.05, 0) is 73.5 Å². The van der Waals surface area contributed by atoms with E-state index in [2.05, 4.69) is 5.32 Å². The zero-order valence-electron chi connectivity index (χ0n) is 24.1. The van der Waals surface area contributed by atoms with E-state index in [1.54, 1.807) is 66.7 Å². The van der Waals surface area contributed by atoms with Crippen molar-refractivity contribution in [3.63, 3.8) is 0 Å². The van der Waals surface area contributed by atoms with Gasteiger partial charge in [0, 0.05) is 23.0 Å². The highest BCUT2D eigenvalue weighted by atomic mass is 35.5. The van der Waals surface area contributed by atoms with Crippen molar-refractivity contribution >= 4 is 50.9 Å². The molecule has 0 saturated heterocycles. The van der Waals surface area contributed by atoms with Gasteiger partial charge in [0.15, 0.2) is 0 Å². The summed E-state index contributed by atoms with van der Waals surface area (Å²) in [5.74, 6) is -0.579. The van der Waals surface area contributed by atoms with Crippen LogP contribution in [0.3, 0.4) is 0 Å². The number of carbonyl (C=O) groups is 2. The Morgan fingerprint density at radius 2 is 1.61 bits per heavy atom. The van der Waals surface area contributed by atoms with E-state index in [1.807, 2.05) is 40.0 Å². The molecule has 3 rings (SSSR count). The molecule has 1 unspecified atom stereocenters. The Balaban J connectivity index is 2.05. The van der Waals surface area contributed by atoms with Crippen molar-refractivity contribution in [1.82, 2.24) is 10.2 Å². The van der Waals surface area contributed by atoms with Crippen molar-refractivity contribution in [2.75, 3.05) is 23.7 Å². The van der Waals surface area contributed by atoms with Gasteiger partial charge < -0.3 is 10.2 Å². The highest BCUT2D eigenvalue weighted by Crippen LogP contribution is 2.27. The summed E-state index contributed by atoms with van der Waals surface area (Å²) < 4.78 is 29.1. The van der Waals surface area contributed by atoms with Gasteiger partial charge in [-0.1, -0.05) is 68.3 Å². The third kappa shape index (κ3) is 8.50. The number of sulfonamides is 1. The second-order valence-electron chi connectivity index (χ2n) is 10.2. The maximum atomic E-state index is 14.1. The molecule has 41 heavy (non-hydrogen) atoms. The predicted molar refractivity (Wildman–Crippen MR) is 168 cm³/mol. The molecule has 0 saturated carbocycles. The number of anilines is 1. The van der Waals surface area contributed by atoms with Crippen LogP contribution in [0.1, 0.15) is 38.3 Å². The van der Waals surface area contributed by atoms with Gasteiger partial charge in [0.2, 0.25) is 11.8 Å². The van der Waals surface area contributed by atoms with Crippen LogP contribution >= 0.6 is 23.4 Å². The van der Waals surface area contributed by atoms with Crippen LogP contribution in [0.25, 0.3) is 0 Å². The first kappa shape index (κ1) is 32.5. The zero-order chi connectivity index (χ0) is 30.2. The van der Waals surface area contributed by atoms with Crippen LogP contribution in [0.2, 0.25) is 5.02 Å². The molecule has 10 heteroatoms.